The van der Waals surface area contributed by atoms with Gasteiger partial charge in [-0.3, -0.25) is 9.36 Å². The van der Waals surface area contributed by atoms with E-state index in [0.29, 0.717) is 17.0 Å². The normalized spacial score (nSPS) is 14.5. The van der Waals surface area contributed by atoms with E-state index in [0.717, 1.165) is 37.2 Å². The Bertz CT molecular complexity index is 906. The van der Waals surface area contributed by atoms with Crippen LogP contribution in [0, 0.1) is 0 Å². The van der Waals surface area contributed by atoms with E-state index in [1.54, 1.807) is 4.57 Å². The van der Waals surface area contributed by atoms with Gasteiger partial charge in [-0.15, -0.1) is 0 Å². The lowest BCUT2D eigenvalue weighted by molar-refractivity contribution is 0.500. The molecule has 0 unspecified atom stereocenters. The van der Waals surface area contributed by atoms with Crippen molar-refractivity contribution < 1.29 is 0 Å². The summed E-state index contributed by atoms with van der Waals surface area (Å²) in [6.45, 7) is 0.755. The van der Waals surface area contributed by atoms with Crippen LogP contribution in [0.2, 0.25) is 0 Å². The minimum absolute atomic E-state index is 0.00781. The van der Waals surface area contributed by atoms with Crippen LogP contribution < -0.4 is 5.56 Å². The largest absolute Gasteiger partial charge is 0.333 e. The topological polar surface area (TPSA) is 63.6 Å². The molecular weight excluding hydrogens is 276 g/mol. The molecule has 0 aliphatic carbocycles. The minimum Gasteiger partial charge on any atom is -0.333 e. The van der Waals surface area contributed by atoms with Crippen molar-refractivity contribution in [1.82, 2.24) is 19.5 Å². The fourth-order valence-electron chi connectivity index (χ4n) is 2.84. The molecule has 0 atom stereocenters. The lowest BCUT2D eigenvalue weighted by Gasteiger charge is -2.16. The molecule has 22 heavy (non-hydrogen) atoms. The van der Waals surface area contributed by atoms with Gasteiger partial charge in [-0.25, -0.2) is 9.97 Å². The summed E-state index contributed by atoms with van der Waals surface area (Å²) < 4.78 is 1.77. The highest BCUT2D eigenvalue weighted by Crippen LogP contribution is 2.14. The molecule has 1 N–H and O–H groups in total. The van der Waals surface area contributed by atoms with Crippen molar-refractivity contribution in [2.24, 2.45) is 0 Å². The predicted octanol–water partition coefficient (Wildman–Crippen LogP) is 2.63. The first-order valence-corrected chi connectivity index (χ1v) is 7.54. The van der Waals surface area contributed by atoms with Gasteiger partial charge in [-0.1, -0.05) is 36.4 Å². The summed E-state index contributed by atoms with van der Waals surface area (Å²) in [6, 6.07) is 9.99. The number of aromatic amines is 1. The molecule has 0 fully saturated rings. The van der Waals surface area contributed by atoms with E-state index < -0.39 is 0 Å². The van der Waals surface area contributed by atoms with E-state index in [4.69, 9.17) is 0 Å². The van der Waals surface area contributed by atoms with E-state index in [9.17, 15) is 4.79 Å². The molecule has 3 aromatic rings. The molecular formula is C17H16N4O. The molecule has 4 rings (SSSR count). The average molecular weight is 292 g/mol. The molecule has 5 nitrogen and oxygen atoms in total. The number of hydrogen-bond donors (Lipinski definition) is 1. The van der Waals surface area contributed by atoms with Gasteiger partial charge in [0.15, 0.2) is 11.2 Å². The smallest absolute Gasteiger partial charge is 0.279 e. The highest BCUT2D eigenvalue weighted by Gasteiger charge is 2.16. The molecule has 0 spiro atoms. The second-order valence-corrected chi connectivity index (χ2v) is 5.51. The molecule has 0 amide bonds. The summed E-state index contributed by atoms with van der Waals surface area (Å²) in [4.78, 5) is 24.5. The maximum absolute atomic E-state index is 12.5. The van der Waals surface area contributed by atoms with Crippen LogP contribution in [0.25, 0.3) is 23.3 Å². The van der Waals surface area contributed by atoms with Crippen molar-refractivity contribution in [1.29, 1.82) is 0 Å². The maximum atomic E-state index is 12.5. The Morgan fingerprint density at radius 2 is 1.95 bits per heavy atom. The fourth-order valence-corrected chi connectivity index (χ4v) is 2.84. The number of fused-ring (bicyclic) bond motifs is 2. The van der Waals surface area contributed by atoms with E-state index in [1.807, 2.05) is 42.5 Å². The Balaban J connectivity index is 1.76. The van der Waals surface area contributed by atoms with Crippen molar-refractivity contribution in [3.8, 4) is 0 Å². The van der Waals surface area contributed by atoms with Crippen LogP contribution in [0.4, 0.5) is 0 Å². The quantitative estimate of drug-likeness (QED) is 0.789. The third-order valence-corrected chi connectivity index (χ3v) is 3.97. The van der Waals surface area contributed by atoms with Gasteiger partial charge in [0.05, 0.1) is 0 Å². The number of H-pyrrole nitrogens is 1. The van der Waals surface area contributed by atoms with Crippen LogP contribution in [-0.4, -0.2) is 19.5 Å². The van der Waals surface area contributed by atoms with E-state index in [-0.39, 0.29) is 5.56 Å². The summed E-state index contributed by atoms with van der Waals surface area (Å²) in [5.74, 6) is 1.51. The number of hydrogen-bond acceptors (Lipinski definition) is 3. The zero-order valence-electron chi connectivity index (χ0n) is 12.1. The lowest BCUT2D eigenvalue weighted by atomic mass is 10.1. The fraction of sp³-hybridized carbons (Fsp3) is 0.235. The van der Waals surface area contributed by atoms with Gasteiger partial charge >= 0.3 is 0 Å². The van der Waals surface area contributed by atoms with Gasteiger partial charge in [0, 0.05) is 13.0 Å². The molecule has 0 bridgehead atoms. The number of nitrogens with zero attached hydrogens (tertiary/aromatic N) is 3. The van der Waals surface area contributed by atoms with E-state index in [2.05, 4.69) is 15.0 Å². The summed E-state index contributed by atoms with van der Waals surface area (Å²) in [6.07, 6.45) is 6.82. The highest BCUT2D eigenvalue weighted by molar-refractivity contribution is 5.75. The Hall–Kier alpha value is -2.69. The second-order valence-electron chi connectivity index (χ2n) is 5.51. The number of nitrogens with one attached hydrogen (secondary N) is 1. The second kappa shape index (κ2) is 5.26. The zero-order chi connectivity index (χ0) is 14.9. The molecule has 110 valence electrons. The number of aryl methyl sites for hydroxylation is 1. The van der Waals surface area contributed by atoms with Crippen LogP contribution in [-0.2, 0) is 13.0 Å². The van der Waals surface area contributed by atoms with Crippen LogP contribution in [0.3, 0.4) is 0 Å². The predicted molar refractivity (Wildman–Crippen MR) is 86.5 cm³/mol. The van der Waals surface area contributed by atoms with Gasteiger partial charge in [-0.2, -0.15) is 0 Å². The van der Waals surface area contributed by atoms with Crippen LogP contribution in [0.15, 0.2) is 35.1 Å². The molecule has 0 saturated carbocycles. The van der Waals surface area contributed by atoms with E-state index >= 15 is 0 Å². The SMILES string of the molecule is O=c1c2[nH]c(C=Cc3ccccc3)nc2nc2n1CCCC2. The van der Waals surface area contributed by atoms with Crippen molar-refractivity contribution in [2.75, 3.05) is 0 Å². The van der Waals surface area contributed by atoms with Crippen molar-refractivity contribution >= 4 is 23.3 Å². The number of rotatable bonds is 2. The highest BCUT2D eigenvalue weighted by atomic mass is 16.1. The van der Waals surface area contributed by atoms with Crippen LogP contribution >= 0.6 is 0 Å². The molecule has 2 aromatic heterocycles. The maximum Gasteiger partial charge on any atom is 0.279 e. The zero-order valence-corrected chi connectivity index (χ0v) is 12.1. The van der Waals surface area contributed by atoms with Crippen molar-refractivity contribution in [2.45, 2.75) is 25.8 Å². The number of imidazole rings is 1. The molecule has 1 aliphatic rings. The standard InChI is InChI=1S/C17H16N4O/c22-17-15-16(20-14-8-4-5-11-21(14)17)19-13(18-15)10-9-12-6-2-1-3-7-12/h1-3,6-7,9-10H,4-5,8,11H2,(H,18,19). The summed E-state index contributed by atoms with van der Waals surface area (Å²) in [5.41, 5.74) is 2.10. The molecule has 1 aliphatic heterocycles. The third kappa shape index (κ3) is 2.24. The van der Waals surface area contributed by atoms with Crippen molar-refractivity contribution in [3.63, 3.8) is 0 Å². The monoisotopic (exact) mass is 292 g/mol. The van der Waals surface area contributed by atoms with Crippen LogP contribution in [0.5, 0.6) is 0 Å². The molecule has 1 aromatic carbocycles. The summed E-state index contributed by atoms with van der Waals surface area (Å²) in [5, 5.41) is 0. The lowest BCUT2D eigenvalue weighted by Crippen LogP contribution is -2.28. The molecule has 5 heteroatoms. The summed E-state index contributed by atoms with van der Waals surface area (Å²) >= 11 is 0. The van der Waals surface area contributed by atoms with Gasteiger partial charge in [-0.05, 0) is 24.5 Å². The van der Waals surface area contributed by atoms with Gasteiger partial charge < -0.3 is 4.98 Å². The van der Waals surface area contributed by atoms with E-state index in [1.165, 1.54) is 0 Å². The third-order valence-electron chi connectivity index (χ3n) is 3.97. The Kier molecular flexibility index (Phi) is 3.11. The Morgan fingerprint density at radius 3 is 2.82 bits per heavy atom. The summed E-state index contributed by atoms with van der Waals surface area (Å²) in [7, 11) is 0. The molecule has 0 radical (unpaired) electrons. The van der Waals surface area contributed by atoms with Crippen molar-refractivity contribution in [3.05, 3.63) is 57.9 Å². The first-order valence-electron chi connectivity index (χ1n) is 7.54. The average Bonchev–Trinajstić information content (AvgIpc) is 2.97. The first-order chi connectivity index (χ1) is 10.8. The molecule has 0 saturated heterocycles. The Labute approximate surface area is 127 Å². The first kappa shape index (κ1) is 13.0. The van der Waals surface area contributed by atoms with Crippen LogP contribution in [0.1, 0.15) is 30.1 Å². The number of benzene rings is 1. The van der Waals surface area contributed by atoms with Gasteiger partial charge in [0.1, 0.15) is 11.6 Å². The molecule has 3 heterocycles. The minimum atomic E-state index is -0.00781. The van der Waals surface area contributed by atoms with Gasteiger partial charge in [0.2, 0.25) is 0 Å². The van der Waals surface area contributed by atoms with Gasteiger partial charge in [0.25, 0.3) is 5.56 Å². The Morgan fingerprint density at radius 1 is 1.09 bits per heavy atom. The number of aromatic nitrogens is 4.